The molecule has 5 nitrogen and oxygen atoms in total. The van der Waals surface area contributed by atoms with Crippen LogP contribution in [0.3, 0.4) is 0 Å². The molecule has 2 N–H and O–H groups in total. The first-order valence-electron chi connectivity index (χ1n) is 6.70. The molecule has 2 aromatic rings. The summed E-state index contributed by atoms with van der Waals surface area (Å²) in [7, 11) is 1.97. The van der Waals surface area contributed by atoms with Crippen LogP contribution in [0.1, 0.15) is 18.9 Å². The van der Waals surface area contributed by atoms with Crippen molar-refractivity contribution < 1.29 is 4.74 Å². The summed E-state index contributed by atoms with van der Waals surface area (Å²) in [5.41, 5.74) is 7.82. The van der Waals surface area contributed by atoms with E-state index < -0.39 is 0 Å². The van der Waals surface area contributed by atoms with Gasteiger partial charge in [0.1, 0.15) is 12.1 Å². The fourth-order valence-corrected chi connectivity index (χ4v) is 1.84. The Kier molecular flexibility index (Phi) is 4.76. The molecule has 1 aromatic heterocycles. The summed E-state index contributed by atoms with van der Waals surface area (Å²) in [6.07, 6.45) is 2.47. The third kappa shape index (κ3) is 3.60. The fraction of sp³-hybridized carbons (Fsp3) is 0.333. The first kappa shape index (κ1) is 14.1. The minimum atomic E-state index is 0.602. The number of benzene rings is 1. The van der Waals surface area contributed by atoms with Crippen LogP contribution in [0.25, 0.3) is 0 Å². The quantitative estimate of drug-likeness (QED) is 0.818. The normalized spacial score (nSPS) is 10.3. The Labute approximate surface area is 119 Å². The lowest BCUT2D eigenvalue weighted by Crippen LogP contribution is -2.18. The molecule has 2 rings (SSSR count). The molecule has 0 saturated heterocycles. The van der Waals surface area contributed by atoms with Crippen LogP contribution in [0.2, 0.25) is 0 Å². The van der Waals surface area contributed by atoms with E-state index in [0.717, 1.165) is 23.5 Å². The molecule has 0 aliphatic carbocycles. The van der Waals surface area contributed by atoms with Crippen molar-refractivity contribution in [2.45, 2.75) is 19.9 Å². The molecule has 1 heterocycles. The number of hydrogen-bond donors (Lipinski definition) is 1. The van der Waals surface area contributed by atoms with Crippen LogP contribution < -0.4 is 15.4 Å². The molecule has 0 aliphatic rings. The van der Waals surface area contributed by atoms with Gasteiger partial charge in [0.15, 0.2) is 0 Å². The molecular formula is C15H20N4O. The second kappa shape index (κ2) is 6.75. The van der Waals surface area contributed by atoms with Crippen LogP contribution in [0.4, 0.5) is 11.5 Å². The highest BCUT2D eigenvalue weighted by atomic mass is 16.5. The Balaban J connectivity index is 2.09. The standard InChI is InChI=1S/C15H20N4O/c1-3-8-20-15-9-14(17-11-18-15)19(2)10-12-6-4-5-7-13(12)16/h4-7,9,11H,3,8,10,16H2,1-2H3. The number of para-hydroxylation sites is 1. The van der Waals surface area contributed by atoms with E-state index in [1.807, 2.05) is 42.3 Å². The predicted octanol–water partition coefficient (Wildman–Crippen LogP) is 2.48. The van der Waals surface area contributed by atoms with Crippen LogP contribution in [-0.2, 0) is 6.54 Å². The van der Waals surface area contributed by atoms with Crippen molar-refractivity contribution >= 4 is 11.5 Å². The number of nitrogen functional groups attached to an aromatic ring is 1. The largest absolute Gasteiger partial charge is 0.478 e. The van der Waals surface area contributed by atoms with Gasteiger partial charge in [-0.25, -0.2) is 9.97 Å². The molecule has 0 bridgehead atoms. The highest BCUT2D eigenvalue weighted by Crippen LogP contribution is 2.19. The van der Waals surface area contributed by atoms with Gasteiger partial charge in [-0.05, 0) is 18.1 Å². The van der Waals surface area contributed by atoms with Crippen LogP contribution in [-0.4, -0.2) is 23.6 Å². The molecule has 106 valence electrons. The van der Waals surface area contributed by atoms with Crippen molar-refractivity contribution in [1.29, 1.82) is 0 Å². The highest BCUT2D eigenvalue weighted by Gasteiger charge is 2.07. The molecule has 0 fully saturated rings. The first-order chi connectivity index (χ1) is 9.70. The third-order valence-electron chi connectivity index (χ3n) is 2.94. The molecule has 0 unspecified atom stereocenters. The molecule has 0 saturated carbocycles. The van der Waals surface area contributed by atoms with Crippen molar-refractivity contribution in [3.05, 3.63) is 42.2 Å². The maximum Gasteiger partial charge on any atom is 0.218 e. The van der Waals surface area contributed by atoms with Crippen LogP contribution in [0, 0.1) is 0 Å². The molecule has 0 atom stereocenters. The van der Waals surface area contributed by atoms with Gasteiger partial charge in [0.05, 0.1) is 6.61 Å². The zero-order valence-electron chi connectivity index (χ0n) is 11.9. The van der Waals surface area contributed by atoms with Crippen molar-refractivity contribution in [1.82, 2.24) is 9.97 Å². The van der Waals surface area contributed by atoms with E-state index in [1.54, 1.807) is 0 Å². The van der Waals surface area contributed by atoms with Gasteiger partial charge >= 0.3 is 0 Å². The molecular weight excluding hydrogens is 252 g/mol. The summed E-state index contributed by atoms with van der Waals surface area (Å²) in [5, 5.41) is 0. The molecule has 5 heteroatoms. The van der Waals surface area contributed by atoms with Gasteiger partial charge < -0.3 is 15.4 Å². The maximum absolute atomic E-state index is 5.96. The minimum Gasteiger partial charge on any atom is -0.478 e. The molecule has 20 heavy (non-hydrogen) atoms. The monoisotopic (exact) mass is 272 g/mol. The Morgan fingerprint density at radius 1 is 1.25 bits per heavy atom. The van der Waals surface area contributed by atoms with E-state index in [1.165, 1.54) is 6.33 Å². The van der Waals surface area contributed by atoms with E-state index in [9.17, 15) is 0 Å². The van der Waals surface area contributed by atoms with E-state index >= 15 is 0 Å². The van der Waals surface area contributed by atoms with Gasteiger partial charge in [0.25, 0.3) is 0 Å². The van der Waals surface area contributed by atoms with E-state index in [-0.39, 0.29) is 0 Å². The fourth-order valence-electron chi connectivity index (χ4n) is 1.84. The lowest BCUT2D eigenvalue weighted by Gasteiger charge is -2.19. The van der Waals surface area contributed by atoms with Crippen LogP contribution in [0.5, 0.6) is 5.88 Å². The van der Waals surface area contributed by atoms with E-state index in [4.69, 9.17) is 10.5 Å². The molecule has 0 aliphatic heterocycles. The van der Waals surface area contributed by atoms with Gasteiger partial charge in [0.2, 0.25) is 5.88 Å². The summed E-state index contributed by atoms with van der Waals surface area (Å²) in [6, 6.07) is 9.67. The van der Waals surface area contributed by atoms with Gasteiger partial charge in [-0.1, -0.05) is 25.1 Å². The number of hydrogen-bond acceptors (Lipinski definition) is 5. The van der Waals surface area contributed by atoms with Gasteiger partial charge in [-0.2, -0.15) is 0 Å². The smallest absolute Gasteiger partial charge is 0.218 e. The molecule has 0 amide bonds. The molecule has 0 spiro atoms. The summed E-state index contributed by atoms with van der Waals surface area (Å²) in [4.78, 5) is 10.4. The van der Waals surface area contributed by atoms with Crippen molar-refractivity contribution in [3.8, 4) is 5.88 Å². The first-order valence-corrected chi connectivity index (χ1v) is 6.70. The zero-order chi connectivity index (χ0) is 14.4. The Morgan fingerprint density at radius 3 is 2.80 bits per heavy atom. The number of nitrogens with zero attached hydrogens (tertiary/aromatic N) is 3. The molecule has 1 aromatic carbocycles. The van der Waals surface area contributed by atoms with Crippen molar-refractivity contribution in [2.75, 3.05) is 24.3 Å². The molecule has 0 radical (unpaired) electrons. The number of rotatable bonds is 6. The number of ether oxygens (including phenoxy) is 1. The summed E-state index contributed by atoms with van der Waals surface area (Å²) < 4.78 is 5.52. The summed E-state index contributed by atoms with van der Waals surface area (Å²) >= 11 is 0. The maximum atomic E-state index is 5.96. The summed E-state index contributed by atoms with van der Waals surface area (Å²) in [6.45, 7) is 3.41. The second-order valence-corrected chi connectivity index (χ2v) is 4.62. The average Bonchev–Trinajstić information content (AvgIpc) is 2.48. The summed E-state index contributed by atoms with van der Waals surface area (Å²) in [5.74, 6) is 1.42. The second-order valence-electron chi connectivity index (χ2n) is 4.62. The SMILES string of the molecule is CCCOc1cc(N(C)Cc2ccccc2N)ncn1. The lowest BCUT2D eigenvalue weighted by molar-refractivity contribution is 0.304. The zero-order valence-corrected chi connectivity index (χ0v) is 11.9. The average molecular weight is 272 g/mol. The number of anilines is 2. The third-order valence-corrected chi connectivity index (χ3v) is 2.94. The predicted molar refractivity (Wildman–Crippen MR) is 80.8 cm³/mol. The topological polar surface area (TPSA) is 64.3 Å². The van der Waals surface area contributed by atoms with E-state index in [0.29, 0.717) is 19.0 Å². The Hall–Kier alpha value is -2.30. The van der Waals surface area contributed by atoms with Gasteiger partial charge in [0, 0.05) is 25.3 Å². The van der Waals surface area contributed by atoms with Gasteiger partial charge in [-0.3, -0.25) is 0 Å². The highest BCUT2D eigenvalue weighted by molar-refractivity contribution is 5.49. The Bertz CT molecular complexity index is 559. The van der Waals surface area contributed by atoms with Crippen molar-refractivity contribution in [2.24, 2.45) is 0 Å². The van der Waals surface area contributed by atoms with Crippen LogP contribution in [0.15, 0.2) is 36.7 Å². The Morgan fingerprint density at radius 2 is 2.05 bits per heavy atom. The van der Waals surface area contributed by atoms with Gasteiger partial charge in [-0.15, -0.1) is 0 Å². The lowest BCUT2D eigenvalue weighted by atomic mass is 10.2. The van der Waals surface area contributed by atoms with Crippen molar-refractivity contribution in [3.63, 3.8) is 0 Å². The van der Waals surface area contributed by atoms with Crippen LogP contribution >= 0.6 is 0 Å². The number of aromatic nitrogens is 2. The van der Waals surface area contributed by atoms with E-state index in [2.05, 4.69) is 16.9 Å². The number of nitrogens with two attached hydrogens (primary N) is 1. The minimum absolute atomic E-state index is 0.602.